The normalized spacial score (nSPS) is 10.2. The molecule has 0 aliphatic heterocycles. The number of nitrogens with two attached hydrogens (primary N) is 1. The molecule has 0 saturated carbocycles. The van der Waals surface area contributed by atoms with Crippen LogP contribution in [0, 0.1) is 5.41 Å². The fourth-order valence-electron chi connectivity index (χ4n) is 1.93. The number of nitrogen functional groups attached to an aromatic ring is 1. The van der Waals surface area contributed by atoms with Crippen LogP contribution in [0.25, 0.3) is 0 Å². The molecule has 0 fully saturated rings. The van der Waals surface area contributed by atoms with Crippen molar-refractivity contribution in [3.05, 3.63) is 59.8 Å². The molecule has 5 nitrogen and oxygen atoms in total. The Balaban J connectivity index is 2.17. The van der Waals surface area contributed by atoms with Crippen LogP contribution >= 0.6 is 0 Å². The SMILES string of the molecule is N=C(N)c1ccc(N(CCO)Cc2ccccc2)nc1. The van der Waals surface area contributed by atoms with E-state index in [-0.39, 0.29) is 12.4 Å². The molecule has 5 heteroatoms. The molecule has 0 radical (unpaired) electrons. The van der Waals surface area contributed by atoms with Crippen LogP contribution in [0.1, 0.15) is 11.1 Å². The fraction of sp³-hybridized carbons (Fsp3) is 0.200. The van der Waals surface area contributed by atoms with Crippen molar-refractivity contribution in [1.82, 2.24) is 4.98 Å². The number of nitrogens with one attached hydrogen (secondary N) is 1. The van der Waals surface area contributed by atoms with Crippen LogP contribution in [0.2, 0.25) is 0 Å². The second kappa shape index (κ2) is 6.68. The minimum absolute atomic E-state index is 0.000757. The van der Waals surface area contributed by atoms with E-state index >= 15 is 0 Å². The van der Waals surface area contributed by atoms with Gasteiger partial charge in [0.25, 0.3) is 0 Å². The van der Waals surface area contributed by atoms with Crippen molar-refractivity contribution in [3.63, 3.8) is 0 Å². The Morgan fingerprint density at radius 1 is 1.20 bits per heavy atom. The van der Waals surface area contributed by atoms with Crippen molar-refractivity contribution in [2.45, 2.75) is 6.54 Å². The van der Waals surface area contributed by atoms with E-state index in [1.165, 1.54) is 0 Å². The highest BCUT2D eigenvalue weighted by Crippen LogP contribution is 2.14. The van der Waals surface area contributed by atoms with E-state index in [9.17, 15) is 5.11 Å². The molecular formula is C15H18N4O. The van der Waals surface area contributed by atoms with Crippen molar-refractivity contribution in [1.29, 1.82) is 5.41 Å². The molecule has 1 aromatic carbocycles. The highest BCUT2D eigenvalue weighted by Gasteiger charge is 2.08. The summed E-state index contributed by atoms with van der Waals surface area (Å²) in [5.41, 5.74) is 7.16. The summed E-state index contributed by atoms with van der Waals surface area (Å²) in [6.45, 7) is 1.23. The van der Waals surface area contributed by atoms with E-state index in [2.05, 4.69) is 4.98 Å². The summed E-state index contributed by atoms with van der Waals surface area (Å²) in [7, 11) is 0. The Morgan fingerprint density at radius 3 is 2.50 bits per heavy atom. The Hall–Kier alpha value is -2.40. The number of aromatic nitrogens is 1. The van der Waals surface area contributed by atoms with Crippen LogP contribution in [-0.4, -0.2) is 29.1 Å². The summed E-state index contributed by atoms with van der Waals surface area (Å²) in [5, 5.41) is 16.6. The van der Waals surface area contributed by atoms with Gasteiger partial charge in [-0.3, -0.25) is 5.41 Å². The van der Waals surface area contributed by atoms with E-state index in [0.29, 0.717) is 18.7 Å². The average molecular weight is 270 g/mol. The highest BCUT2D eigenvalue weighted by molar-refractivity contribution is 5.94. The minimum atomic E-state index is 0.000757. The number of rotatable bonds is 6. The molecular weight excluding hydrogens is 252 g/mol. The van der Waals surface area contributed by atoms with E-state index < -0.39 is 0 Å². The molecule has 0 atom stereocenters. The summed E-state index contributed by atoms with van der Waals surface area (Å²) in [4.78, 5) is 6.29. The summed E-state index contributed by atoms with van der Waals surface area (Å²) >= 11 is 0. The highest BCUT2D eigenvalue weighted by atomic mass is 16.3. The van der Waals surface area contributed by atoms with Gasteiger partial charge in [0.05, 0.1) is 6.61 Å². The largest absolute Gasteiger partial charge is 0.395 e. The van der Waals surface area contributed by atoms with E-state index in [4.69, 9.17) is 11.1 Å². The quantitative estimate of drug-likeness (QED) is 0.546. The van der Waals surface area contributed by atoms with Gasteiger partial charge < -0.3 is 15.7 Å². The average Bonchev–Trinajstić information content (AvgIpc) is 2.48. The molecule has 2 aromatic rings. The maximum atomic E-state index is 9.20. The van der Waals surface area contributed by atoms with Gasteiger partial charge in [0.15, 0.2) is 0 Å². The van der Waals surface area contributed by atoms with Gasteiger partial charge in [-0.05, 0) is 17.7 Å². The van der Waals surface area contributed by atoms with Gasteiger partial charge in [0, 0.05) is 24.8 Å². The van der Waals surface area contributed by atoms with E-state index in [1.807, 2.05) is 41.3 Å². The van der Waals surface area contributed by atoms with Gasteiger partial charge in [0.2, 0.25) is 0 Å². The standard InChI is InChI=1S/C15H18N4O/c16-15(17)13-6-7-14(18-10-13)19(8-9-20)11-12-4-2-1-3-5-12/h1-7,10,20H,8-9,11H2,(H3,16,17). The Morgan fingerprint density at radius 2 is 1.95 bits per heavy atom. The molecule has 1 heterocycles. The van der Waals surface area contributed by atoms with Crippen LogP contribution in [0.15, 0.2) is 48.7 Å². The number of benzene rings is 1. The summed E-state index contributed by atoms with van der Waals surface area (Å²) in [6.07, 6.45) is 1.58. The zero-order chi connectivity index (χ0) is 14.4. The molecule has 0 amide bonds. The van der Waals surface area contributed by atoms with Crippen molar-refractivity contribution in [3.8, 4) is 0 Å². The fourth-order valence-corrected chi connectivity index (χ4v) is 1.93. The number of amidine groups is 1. The van der Waals surface area contributed by atoms with Crippen LogP contribution in [0.5, 0.6) is 0 Å². The Bertz CT molecular complexity index is 554. The van der Waals surface area contributed by atoms with E-state index in [1.54, 1.807) is 12.3 Å². The third-order valence-corrected chi connectivity index (χ3v) is 2.97. The maximum absolute atomic E-state index is 9.20. The first-order valence-electron chi connectivity index (χ1n) is 6.41. The number of pyridine rings is 1. The topological polar surface area (TPSA) is 86.2 Å². The number of anilines is 1. The van der Waals surface area contributed by atoms with Gasteiger partial charge in [-0.15, -0.1) is 0 Å². The van der Waals surface area contributed by atoms with Crippen molar-refractivity contribution in [2.75, 3.05) is 18.1 Å². The second-order valence-corrected chi connectivity index (χ2v) is 4.45. The van der Waals surface area contributed by atoms with E-state index in [0.717, 1.165) is 11.4 Å². The lowest BCUT2D eigenvalue weighted by Crippen LogP contribution is -2.27. The van der Waals surface area contributed by atoms with Crippen LogP contribution in [0.4, 0.5) is 5.82 Å². The van der Waals surface area contributed by atoms with Gasteiger partial charge in [0.1, 0.15) is 11.7 Å². The molecule has 0 aliphatic rings. The first-order valence-corrected chi connectivity index (χ1v) is 6.41. The minimum Gasteiger partial charge on any atom is -0.395 e. The van der Waals surface area contributed by atoms with Gasteiger partial charge >= 0.3 is 0 Å². The number of hydrogen-bond acceptors (Lipinski definition) is 4. The molecule has 104 valence electrons. The number of aliphatic hydroxyl groups is 1. The molecule has 4 N–H and O–H groups in total. The van der Waals surface area contributed by atoms with Crippen molar-refractivity contribution in [2.24, 2.45) is 5.73 Å². The van der Waals surface area contributed by atoms with Crippen molar-refractivity contribution < 1.29 is 5.11 Å². The smallest absolute Gasteiger partial charge is 0.128 e. The Labute approximate surface area is 118 Å². The lowest BCUT2D eigenvalue weighted by molar-refractivity contribution is 0.301. The first kappa shape index (κ1) is 14.0. The third kappa shape index (κ3) is 3.55. The second-order valence-electron chi connectivity index (χ2n) is 4.45. The van der Waals surface area contributed by atoms with Crippen LogP contribution < -0.4 is 10.6 Å². The maximum Gasteiger partial charge on any atom is 0.128 e. The molecule has 0 unspecified atom stereocenters. The molecule has 0 spiro atoms. The zero-order valence-electron chi connectivity index (χ0n) is 11.2. The molecule has 1 aromatic heterocycles. The molecule has 20 heavy (non-hydrogen) atoms. The predicted octanol–water partition coefficient (Wildman–Crippen LogP) is 1.36. The monoisotopic (exact) mass is 270 g/mol. The molecule has 0 aliphatic carbocycles. The number of hydrogen-bond donors (Lipinski definition) is 3. The summed E-state index contributed by atoms with van der Waals surface area (Å²) in [6, 6.07) is 13.6. The van der Waals surface area contributed by atoms with Crippen LogP contribution in [-0.2, 0) is 6.54 Å². The lowest BCUT2D eigenvalue weighted by Gasteiger charge is -2.23. The van der Waals surface area contributed by atoms with Gasteiger partial charge in [-0.2, -0.15) is 0 Å². The Kier molecular flexibility index (Phi) is 4.68. The molecule has 2 rings (SSSR count). The first-order chi connectivity index (χ1) is 9.70. The van der Waals surface area contributed by atoms with Crippen LogP contribution in [0.3, 0.4) is 0 Å². The zero-order valence-corrected chi connectivity index (χ0v) is 11.2. The predicted molar refractivity (Wildman–Crippen MR) is 79.8 cm³/mol. The third-order valence-electron chi connectivity index (χ3n) is 2.97. The van der Waals surface area contributed by atoms with Crippen molar-refractivity contribution >= 4 is 11.7 Å². The summed E-state index contributed by atoms with van der Waals surface area (Å²) in [5.74, 6) is 0.758. The van der Waals surface area contributed by atoms with Gasteiger partial charge in [-0.25, -0.2) is 4.98 Å². The molecule has 0 saturated heterocycles. The molecule has 0 bridgehead atoms. The lowest BCUT2D eigenvalue weighted by atomic mass is 10.2. The number of aliphatic hydroxyl groups excluding tert-OH is 1. The summed E-state index contributed by atoms with van der Waals surface area (Å²) < 4.78 is 0. The number of nitrogens with zero attached hydrogens (tertiary/aromatic N) is 2. The van der Waals surface area contributed by atoms with Gasteiger partial charge in [-0.1, -0.05) is 30.3 Å².